The Morgan fingerprint density at radius 1 is 1.00 bits per heavy atom. The molecule has 3 atom stereocenters. The first kappa shape index (κ1) is 12.0. The molecule has 0 aliphatic heterocycles. The molecule has 3 aliphatic rings. The molecule has 3 fully saturated rings. The highest BCUT2D eigenvalue weighted by molar-refractivity contribution is 4.92. The van der Waals surface area contributed by atoms with Crippen molar-refractivity contribution < 1.29 is 0 Å². The summed E-state index contributed by atoms with van der Waals surface area (Å²) < 4.78 is 0. The molecule has 0 aromatic heterocycles. The van der Waals surface area contributed by atoms with Crippen LogP contribution in [0.1, 0.15) is 65.2 Å². The van der Waals surface area contributed by atoms with Gasteiger partial charge in [-0.05, 0) is 74.7 Å². The Hall–Kier alpha value is -0.0400. The average molecular weight is 235 g/mol. The van der Waals surface area contributed by atoms with E-state index in [1.165, 1.54) is 45.1 Å². The Bertz CT molecular complexity index is 261. The van der Waals surface area contributed by atoms with Crippen LogP contribution in [0.3, 0.4) is 0 Å². The molecule has 0 saturated heterocycles. The molecule has 3 aliphatic carbocycles. The summed E-state index contributed by atoms with van der Waals surface area (Å²) in [5.41, 5.74) is 0.616. The highest BCUT2D eigenvalue weighted by Crippen LogP contribution is 2.48. The van der Waals surface area contributed by atoms with E-state index in [-0.39, 0.29) is 0 Å². The van der Waals surface area contributed by atoms with Gasteiger partial charge in [-0.2, -0.15) is 0 Å². The second kappa shape index (κ2) is 4.57. The van der Waals surface area contributed by atoms with E-state index in [2.05, 4.69) is 19.2 Å². The van der Waals surface area contributed by atoms with Crippen molar-refractivity contribution in [2.75, 3.05) is 6.54 Å². The second-order valence-electron chi connectivity index (χ2n) is 7.78. The van der Waals surface area contributed by atoms with Gasteiger partial charge in [-0.25, -0.2) is 0 Å². The van der Waals surface area contributed by atoms with Gasteiger partial charge in [0.05, 0.1) is 0 Å². The summed E-state index contributed by atoms with van der Waals surface area (Å²) in [6.07, 6.45) is 11.8. The average Bonchev–Trinajstić information content (AvgIpc) is 2.89. The van der Waals surface area contributed by atoms with Gasteiger partial charge in [-0.1, -0.05) is 20.3 Å². The Kier molecular flexibility index (Phi) is 3.23. The first-order valence-corrected chi connectivity index (χ1v) is 7.86. The van der Waals surface area contributed by atoms with Crippen molar-refractivity contribution in [2.45, 2.75) is 71.3 Å². The Balaban J connectivity index is 1.40. The van der Waals surface area contributed by atoms with Crippen molar-refractivity contribution in [3.63, 3.8) is 0 Å². The maximum absolute atomic E-state index is 3.89. The van der Waals surface area contributed by atoms with Gasteiger partial charge in [0.25, 0.3) is 0 Å². The van der Waals surface area contributed by atoms with E-state index in [0.717, 1.165) is 23.8 Å². The van der Waals surface area contributed by atoms with Crippen molar-refractivity contribution in [1.29, 1.82) is 0 Å². The SMILES string of the molecule is CC1(C)CCC(NCC2CC3CCC2C3)CC1. The molecule has 1 nitrogen and oxygen atoms in total. The van der Waals surface area contributed by atoms with E-state index in [1.807, 2.05) is 0 Å². The van der Waals surface area contributed by atoms with E-state index in [1.54, 1.807) is 12.8 Å². The minimum absolute atomic E-state index is 0.616. The summed E-state index contributed by atoms with van der Waals surface area (Å²) in [6, 6.07) is 0.835. The second-order valence-corrected chi connectivity index (χ2v) is 7.78. The summed E-state index contributed by atoms with van der Waals surface area (Å²) in [7, 11) is 0. The third-order valence-electron chi connectivity index (χ3n) is 5.89. The molecule has 3 rings (SSSR count). The van der Waals surface area contributed by atoms with Gasteiger partial charge in [0.1, 0.15) is 0 Å². The summed E-state index contributed by atoms with van der Waals surface area (Å²) in [4.78, 5) is 0. The molecule has 2 bridgehead atoms. The van der Waals surface area contributed by atoms with Crippen LogP contribution in [0.25, 0.3) is 0 Å². The van der Waals surface area contributed by atoms with Gasteiger partial charge < -0.3 is 5.32 Å². The van der Waals surface area contributed by atoms with Gasteiger partial charge in [-0.15, -0.1) is 0 Å². The molecule has 0 aromatic carbocycles. The Labute approximate surface area is 107 Å². The van der Waals surface area contributed by atoms with E-state index < -0.39 is 0 Å². The third kappa shape index (κ3) is 2.70. The van der Waals surface area contributed by atoms with E-state index in [0.29, 0.717) is 5.41 Å². The molecule has 1 heteroatoms. The first-order valence-electron chi connectivity index (χ1n) is 7.86. The van der Waals surface area contributed by atoms with Crippen molar-refractivity contribution in [1.82, 2.24) is 5.32 Å². The molecule has 0 heterocycles. The summed E-state index contributed by atoms with van der Waals surface area (Å²) >= 11 is 0. The minimum atomic E-state index is 0.616. The van der Waals surface area contributed by atoms with E-state index >= 15 is 0 Å². The molecular weight excluding hydrogens is 206 g/mol. The van der Waals surface area contributed by atoms with Gasteiger partial charge in [0.15, 0.2) is 0 Å². The lowest BCUT2D eigenvalue weighted by molar-refractivity contribution is 0.196. The first-order chi connectivity index (χ1) is 8.12. The Morgan fingerprint density at radius 3 is 2.35 bits per heavy atom. The van der Waals surface area contributed by atoms with E-state index in [4.69, 9.17) is 0 Å². The van der Waals surface area contributed by atoms with Gasteiger partial charge in [-0.3, -0.25) is 0 Å². The molecule has 3 unspecified atom stereocenters. The summed E-state index contributed by atoms with van der Waals surface area (Å²) in [5, 5.41) is 3.89. The van der Waals surface area contributed by atoms with Gasteiger partial charge in [0, 0.05) is 6.04 Å². The fourth-order valence-electron chi connectivity index (χ4n) is 4.55. The lowest BCUT2D eigenvalue weighted by Gasteiger charge is -2.35. The maximum Gasteiger partial charge on any atom is 0.00675 e. The maximum atomic E-state index is 3.89. The lowest BCUT2D eigenvalue weighted by Crippen LogP contribution is -2.39. The molecular formula is C16H29N. The lowest BCUT2D eigenvalue weighted by atomic mass is 9.75. The predicted molar refractivity (Wildman–Crippen MR) is 73.0 cm³/mol. The monoisotopic (exact) mass is 235 g/mol. The molecule has 1 N–H and O–H groups in total. The zero-order valence-electron chi connectivity index (χ0n) is 11.7. The van der Waals surface area contributed by atoms with Crippen LogP contribution in [0.5, 0.6) is 0 Å². The fraction of sp³-hybridized carbons (Fsp3) is 1.00. The van der Waals surface area contributed by atoms with Crippen molar-refractivity contribution in [3.8, 4) is 0 Å². The summed E-state index contributed by atoms with van der Waals surface area (Å²) in [6.45, 7) is 6.19. The van der Waals surface area contributed by atoms with Gasteiger partial charge >= 0.3 is 0 Å². The third-order valence-corrected chi connectivity index (χ3v) is 5.89. The van der Waals surface area contributed by atoms with Crippen molar-refractivity contribution >= 4 is 0 Å². The predicted octanol–water partition coefficient (Wildman–Crippen LogP) is 3.98. The number of fused-ring (bicyclic) bond motifs is 2. The normalized spacial score (nSPS) is 40.9. The molecule has 98 valence electrons. The fourth-order valence-corrected chi connectivity index (χ4v) is 4.55. The van der Waals surface area contributed by atoms with E-state index in [9.17, 15) is 0 Å². The van der Waals surface area contributed by atoms with Crippen LogP contribution >= 0.6 is 0 Å². The molecule has 0 radical (unpaired) electrons. The smallest absolute Gasteiger partial charge is 0.00675 e. The van der Waals surface area contributed by atoms with Crippen LogP contribution in [0.2, 0.25) is 0 Å². The van der Waals surface area contributed by atoms with Crippen molar-refractivity contribution in [3.05, 3.63) is 0 Å². The highest BCUT2D eigenvalue weighted by atomic mass is 14.9. The van der Waals surface area contributed by atoms with Crippen LogP contribution in [-0.4, -0.2) is 12.6 Å². The number of hydrogen-bond donors (Lipinski definition) is 1. The van der Waals surface area contributed by atoms with Crippen LogP contribution in [0.15, 0.2) is 0 Å². The molecule has 0 amide bonds. The molecule has 0 aromatic rings. The number of nitrogens with one attached hydrogen (secondary N) is 1. The summed E-state index contributed by atoms with van der Waals surface area (Å²) in [5.74, 6) is 3.23. The quantitative estimate of drug-likeness (QED) is 0.780. The van der Waals surface area contributed by atoms with Crippen LogP contribution in [-0.2, 0) is 0 Å². The topological polar surface area (TPSA) is 12.0 Å². The standard InChI is InChI=1S/C16H29N/c1-16(2)7-5-15(6-8-16)17-11-14-10-12-3-4-13(14)9-12/h12-15,17H,3-11H2,1-2H3. The number of rotatable bonds is 3. The zero-order chi connectivity index (χ0) is 11.9. The zero-order valence-corrected chi connectivity index (χ0v) is 11.7. The Morgan fingerprint density at radius 2 is 1.76 bits per heavy atom. The minimum Gasteiger partial charge on any atom is -0.314 e. The number of hydrogen-bond acceptors (Lipinski definition) is 1. The van der Waals surface area contributed by atoms with Crippen LogP contribution in [0, 0.1) is 23.2 Å². The molecule has 17 heavy (non-hydrogen) atoms. The molecule has 0 spiro atoms. The van der Waals surface area contributed by atoms with Crippen LogP contribution in [0.4, 0.5) is 0 Å². The van der Waals surface area contributed by atoms with Crippen LogP contribution < -0.4 is 5.32 Å². The van der Waals surface area contributed by atoms with Gasteiger partial charge in [0.2, 0.25) is 0 Å². The molecule has 3 saturated carbocycles. The van der Waals surface area contributed by atoms with Crippen molar-refractivity contribution in [2.24, 2.45) is 23.2 Å². The highest BCUT2D eigenvalue weighted by Gasteiger charge is 2.39. The largest absolute Gasteiger partial charge is 0.314 e.